The Morgan fingerprint density at radius 2 is 2.17 bits per heavy atom. The first kappa shape index (κ1) is 9.44. The van der Waals surface area contributed by atoms with E-state index in [4.69, 9.17) is 10.5 Å². The van der Waals surface area contributed by atoms with Gasteiger partial charge < -0.3 is 20.7 Å². The van der Waals surface area contributed by atoms with Crippen molar-refractivity contribution >= 4 is 6.34 Å². The molecule has 2 unspecified atom stereocenters. The lowest BCUT2D eigenvalue weighted by Crippen LogP contribution is -2.31. The Balaban J connectivity index is 2.60. The van der Waals surface area contributed by atoms with Gasteiger partial charge in [-0.05, 0) is 6.42 Å². The molecule has 1 fully saturated rings. The van der Waals surface area contributed by atoms with E-state index >= 15 is 0 Å². The number of aliphatic hydroxyl groups is 2. The summed E-state index contributed by atoms with van der Waals surface area (Å²) in [6, 6.07) is 0. The zero-order valence-electron chi connectivity index (χ0n) is 6.92. The molecule has 12 heavy (non-hydrogen) atoms. The van der Waals surface area contributed by atoms with Crippen LogP contribution in [0, 0.1) is 0 Å². The van der Waals surface area contributed by atoms with Crippen molar-refractivity contribution in [3.05, 3.63) is 0 Å². The van der Waals surface area contributed by atoms with Crippen LogP contribution in [0.2, 0.25) is 0 Å². The molecule has 1 saturated heterocycles. The van der Waals surface area contributed by atoms with Crippen LogP contribution in [0.15, 0.2) is 4.99 Å². The van der Waals surface area contributed by atoms with E-state index in [1.807, 2.05) is 6.92 Å². The van der Waals surface area contributed by atoms with Gasteiger partial charge in [-0.1, -0.05) is 6.92 Å². The maximum absolute atomic E-state index is 9.36. The molecule has 0 spiro atoms. The average Bonchev–Trinajstić information content (AvgIpc) is 2.33. The molecule has 0 bridgehead atoms. The van der Waals surface area contributed by atoms with Gasteiger partial charge in [0.25, 0.3) is 0 Å². The summed E-state index contributed by atoms with van der Waals surface area (Å²) in [6.45, 7) is 1.87. The third-order valence-electron chi connectivity index (χ3n) is 1.97. The van der Waals surface area contributed by atoms with Crippen LogP contribution in [0.5, 0.6) is 0 Å². The predicted octanol–water partition coefficient (Wildman–Crippen LogP) is -1.17. The van der Waals surface area contributed by atoms with E-state index < -0.39 is 18.4 Å². The minimum atomic E-state index is -0.963. The molecule has 1 heterocycles. The predicted molar refractivity (Wildman–Crippen MR) is 43.6 cm³/mol. The number of aliphatic hydroxyl groups excluding tert-OH is 2. The molecule has 1 aliphatic rings. The Bertz CT molecular complexity index is 174. The fourth-order valence-corrected chi connectivity index (χ4v) is 1.27. The summed E-state index contributed by atoms with van der Waals surface area (Å²) in [5.41, 5.74) is 5.04. The van der Waals surface area contributed by atoms with Crippen molar-refractivity contribution in [1.82, 2.24) is 0 Å². The van der Waals surface area contributed by atoms with Crippen molar-refractivity contribution in [2.45, 2.75) is 37.9 Å². The topological polar surface area (TPSA) is 88.1 Å². The van der Waals surface area contributed by atoms with E-state index in [1.165, 1.54) is 0 Å². The van der Waals surface area contributed by atoms with Crippen LogP contribution >= 0.6 is 0 Å². The van der Waals surface area contributed by atoms with Crippen molar-refractivity contribution in [3.8, 4) is 0 Å². The fourth-order valence-electron chi connectivity index (χ4n) is 1.27. The van der Waals surface area contributed by atoms with E-state index in [1.54, 1.807) is 0 Å². The summed E-state index contributed by atoms with van der Waals surface area (Å²) >= 11 is 0. The minimum Gasteiger partial charge on any atom is -0.390 e. The fraction of sp³-hybridized carbons (Fsp3) is 0.857. The van der Waals surface area contributed by atoms with Crippen LogP contribution in [-0.4, -0.2) is 41.1 Å². The van der Waals surface area contributed by atoms with Gasteiger partial charge >= 0.3 is 0 Å². The van der Waals surface area contributed by atoms with Gasteiger partial charge in [0, 0.05) is 0 Å². The molecule has 70 valence electrons. The number of ether oxygens (including phenoxy) is 1. The lowest BCUT2D eigenvalue weighted by atomic mass is 10.1. The molecule has 0 aromatic carbocycles. The lowest BCUT2D eigenvalue weighted by Gasteiger charge is -2.10. The summed E-state index contributed by atoms with van der Waals surface area (Å²) in [4.78, 5) is 3.67. The molecule has 5 nitrogen and oxygen atoms in total. The summed E-state index contributed by atoms with van der Waals surface area (Å²) in [6.07, 6.45) is -1.16. The minimum absolute atomic E-state index is 0.339. The molecule has 0 radical (unpaired) electrons. The largest absolute Gasteiger partial charge is 0.390 e. The Hall–Kier alpha value is -0.650. The highest BCUT2D eigenvalue weighted by Gasteiger charge is 2.41. The summed E-state index contributed by atoms with van der Waals surface area (Å²) in [5, 5.41) is 18.7. The van der Waals surface area contributed by atoms with Crippen LogP contribution in [0.3, 0.4) is 0 Å². The first-order valence-electron chi connectivity index (χ1n) is 3.95. The molecular weight excluding hydrogens is 160 g/mol. The highest BCUT2D eigenvalue weighted by molar-refractivity contribution is 5.51. The highest BCUT2D eigenvalue weighted by Crippen LogP contribution is 2.23. The number of rotatable bonds is 2. The van der Waals surface area contributed by atoms with Gasteiger partial charge in [-0.3, -0.25) is 0 Å². The van der Waals surface area contributed by atoms with Gasteiger partial charge in [-0.25, -0.2) is 4.99 Å². The molecular formula is C7H14N2O3. The second-order valence-electron chi connectivity index (χ2n) is 2.75. The van der Waals surface area contributed by atoms with Crippen LogP contribution < -0.4 is 5.73 Å². The van der Waals surface area contributed by atoms with Crippen LogP contribution in [0.1, 0.15) is 13.3 Å². The highest BCUT2D eigenvalue weighted by atomic mass is 16.6. The SMILES string of the molecule is CC[C@H]1O[C@@H](N=CN)C(O)C1O. The summed E-state index contributed by atoms with van der Waals surface area (Å²) in [5.74, 6) is 0. The van der Waals surface area contributed by atoms with Gasteiger partial charge in [0.2, 0.25) is 0 Å². The molecule has 0 aliphatic carbocycles. The average molecular weight is 174 g/mol. The Kier molecular flexibility index (Phi) is 3.02. The standard InChI is InChI=1S/C7H14N2O3/c1-2-4-5(10)6(11)7(12-4)9-3-8/h3-7,10-11H,2H2,1H3,(H2,8,9)/t4-,5?,6?,7-/m1/s1. The van der Waals surface area contributed by atoms with Crippen molar-refractivity contribution in [1.29, 1.82) is 0 Å². The number of nitrogens with two attached hydrogens (primary N) is 1. The third-order valence-corrected chi connectivity index (χ3v) is 1.97. The van der Waals surface area contributed by atoms with E-state index in [-0.39, 0.29) is 6.10 Å². The Morgan fingerprint density at radius 1 is 1.50 bits per heavy atom. The monoisotopic (exact) mass is 174 g/mol. The summed E-state index contributed by atoms with van der Waals surface area (Å²) < 4.78 is 5.20. The second-order valence-corrected chi connectivity index (χ2v) is 2.75. The third kappa shape index (κ3) is 1.57. The lowest BCUT2D eigenvalue weighted by molar-refractivity contribution is 0.0112. The maximum Gasteiger partial charge on any atom is 0.178 e. The first-order valence-corrected chi connectivity index (χ1v) is 3.95. The molecule has 0 aromatic heterocycles. The van der Waals surface area contributed by atoms with E-state index in [9.17, 15) is 10.2 Å². The van der Waals surface area contributed by atoms with E-state index in [2.05, 4.69) is 4.99 Å². The molecule has 0 amide bonds. The molecule has 0 saturated carbocycles. The first-order chi connectivity index (χ1) is 5.70. The van der Waals surface area contributed by atoms with Gasteiger partial charge in [0.05, 0.1) is 12.4 Å². The number of aliphatic imine (C=N–C) groups is 1. The van der Waals surface area contributed by atoms with E-state index in [0.29, 0.717) is 6.42 Å². The van der Waals surface area contributed by atoms with Crippen molar-refractivity contribution in [2.75, 3.05) is 0 Å². The van der Waals surface area contributed by atoms with Gasteiger partial charge in [-0.2, -0.15) is 0 Å². The number of nitrogens with zero attached hydrogens (tertiary/aromatic N) is 1. The van der Waals surface area contributed by atoms with Crippen LogP contribution in [-0.2, 0) is 4.74 Å². The van der Waals surface area contributed by atoms with E-state index in [0.717, 1.165) is 6.34 Å². The zero-order valence-corrected chi connectivity index (χ0v) is 6.92. The second kappa shape index (κ2) is 3.84. The molecule has 5 heteroatoms. The van der Waals surface area contributed by atoms with Gasteiger partial charge in [-0.15, -0.1) is 0 Å². The normalized spacial score (nSPS) is 42.6. The Labute approximate surface area is 70.9 Å². The molecule has 4 atom stereocenters. The molecule has 1 rings (SSSR count). The quantitative estimate of drug-likeness (QED) is 0.363. The van der Waals surface area contributed by atoms with Gasteiger partial charge in [0.15, 0.2) is 6.23 Å². The maximum atomic E-state index is 9.36. The van der Waals surface area contributed by atoms with Crippen molar-refractivity contribution in [3.63, 3.8) is 0 Å². The molecule has 4 N–H and O–H groups in total. The van der Waals surface area contributed by atoms with Crippen LogP contribution in [0.4, 0.5) is 0 Å². The number of hydrogen-bond acceptors (Lipinski definition) is 4. The molecule has 0 aromatic rings. The summed E-state index contributed by atoms with van der Waals surface area (Å²) in [7, 11) is 0. The van der Waals surface area contributed by atoms with Crippen molar-refractivity contribution < 1.29 is 14.9 Å². The smallest absolute Gasteiger partial charge is 0.178 e. The van der Waals surface area contributed by atoms with Crippen LogP contribution in [0.25, 0.3) is 0 Å². The number of hydrogen-bond donors (Lipinski definition) is 3. The molecule has 1 aliphatic heterocycles. The van der Waals surface area contributed by atoms with Gasteiger partial charge in [0.1, 0.15) is 12.2 Å². The Morgan fingerprint density at radius 3 is 2.58 bits per heavy atom. The zero-order chi connectivity index (χ0) is 9.14. The van der Waals surface area contributed by atoms with Crippen molar-refractivity contribution in [2.24, 2.45) is 10.7 Å².